The summed E-state index contributed by atoms with van der Waals surface area (Å²) in [6, 6.07) is 0. The molecule has 0 aromatic heterocycles. The molecule has 0 radical (unpaired) electrons. The highest BCUT2D eigenvalue weighted by molar-refractivity contribution is 9.10. The first-order valence-electron chi connectivity index (χ1n) is 3.84. The molecule has 0 fully saturated rings. The third kappa shape index (κ3) is 4.72. The molecule has 0 aromatic carbocycles. The second-order valence-electron chi connectivity index (χ2n) is 3.42. The van der Waals surface area contributed by atoms with Gasteiger partial charge >= 0.3 is 0 Å². The molecule has 0 saturated heterocycles. The normalized spacial score (nSPS) is 14.1. The van der Waals surface area contributed by atoms with Gasteiger partial charge in [0.25, 0.3) is 0 Å². The van der Waals surface area contributed by atoms with E-state index in [2.05, 4.69) is 21.2 Å². The summed E-state index contributed by atoms with van der Waals surface area (Å²) < 4.78 is 4.96. The fraction of sp³-hybridized carbons (Fsp3) is 0.875. The van der Waals surface area contributed by atoms with Gasteiger partial charge in [-0.05, 0) is 20.8 Å². The van der Waals surface area contributed by atoms with E-state index in [1.807, 2.05) is 13.8 Å². The summed E-state index contributed by atoms with van der Waals surface area (Å²) >= 11 is 3.19. The standard InChI is InChI=1S/C8H16BrNO2/c1-6(9)7(11)10-8(2,3)5-12-4/h6H,5H2,1-4H3,(H,10,11). The third-order valence-electron chi connectivity index (χ3n) is 1.33. The fourth-order valence-corrected chi connectivity index (χ4v) is 0.944. The maximum absolute atomic E-state index is 11.2. The average Bonchev–Trinajstić information content (AvgIpc) is 1.85. The van der Waals surface area contributed by atoms with Crippen LogP contribution in [-0.2, 0) is 9.53 Å². The molecule has 0 aliphatic carbocycles. The third-order valence-corrected chi connectivity index (χ3v) is 1.74. The van der Waals surface area contributed by atoms with E-state index in [1.54, 1.807) is 14.0 Å². The van der Waals surface area contributed by atoms with Gasteiger partial charge in [0.1, 0.15) is 0 Å². The van der Waals surface area contributed by atoms with E-state index < -0.39 is 0 Å². The van der Waals surface area contributed by atoms with Gasteiger partial charge in [-0.3, -0.25) is 4.79 Å². The molecule has 0 aromatic rings. The van der Waals surface area contributed by atoms with Crippen LogP contribution in [0.25, 0.3) is 0 Å². The highest BCUT2D eigenvalue weighted by Gasteiger charge is 2.21. The Kier molecular flexibility index (Phi) is 4.78. The Morgan fingerprint density at radius 1 is 1.67 bits per heavy atom. The minimum Gasteiger partial charge on any atom is -0.382 e. The molecule has 1 N–H and O–H groups in total. The molecular formula is C8H16BrNO2. The minimum absolute atomic E-state index is 0.0166. The lowest BCUT2D eigenvalue weighted by Crippen LogP contribution is -2.48. The van der Waals surface area contributed by atoms with Gasteiger partial charge in [-0.15, -0.1) is 0 Å². The number of carbonyl (C=O) groups is 1. The number of amides is 1. The van der Waals surface area contributed by atoms with Gasteiger partial charge in [0.2, 0.25) is 5.91 Å². The number of alkyl halides is 1. The minimum atomic E-state index is -0.298. The molecule has 1 atom stereocenters. The van der Waals surface area contributed by atoms with Crippen LogP contribution < -0.4 is 5.32 Å². The summed E-state index contributed by atoms with van der Waals surface area (Å²) in [5.74, 6) is -0.0166. The smallest absolute Gasteiger partial charge is 0.233 e. The molecule has 72 valence electrons. The SMILES string of the molecule is COCC(C)(C)NC(=O)C(C)Br. The maximum Gasteiger partial charge on any atom is 0.233 e. The lowest BCUT2D eigenvalue weighted by Gasteiger charge is -2.25. The summed E-state index contributed by atoms with van der Waals surface area (Å²) in [6.07, 6.45) is 0. The largest absolute Gasteiger partial charge is 0.382 e. The zero-order valence-electron chi connectivity index (χ0n) is 7.98. The Bertz CT molecular complexity index is 157. The number of nitrogens with one attached hydrogen (secondary N) is 1. The summed E-state index contributed by atoms with van der Waals surface area (Å²) in [7, 11) is 1.62. The second-order valence-corrected chi connectivity index (χ2v) is 4.80. The van der Waals surface area contributed by atoms with Gasteiger partial charge in [0, 0.05) is 7.11 Å². The van der Waals surface area contributed by atoms with E-state index in [1.165, 1.54) is 0 Å². The van der Waals surface area contributed by atoms with Gasteiger partial charge in [-0.25, -0.2) is 0 Å². The van der Waals surface area contributed by atoms with Crippen molar-refractivity contribution >= 4 is 21.8 Å². The van der Waals surface area contributed by atoms with Crippen molar-refractivity contribution < 1.29 is 9.53 Å². The van der Waals surface area contributed by atoms with Crippen LogP contribution in [0.4, 0.5) is 0 Å². The van der Waals surface area contributed by atoms with Crippen molar-refractivity contribution in [3.05, 3.63) is 0 Å². The number of carbonyl (C=O) groups excluding carboxylic acids is 1. The molecule has 0 rings (SSSR count). The lowest BCUT2D eigenvalue weighted by molar-refractivity contribution is -0.122. The Morgan fingerprint density at radius 2 is 2.17 bits per heavy atom. The van der Waals surface area contributed by atoms with E-state index in [4.69, 9.17) is 4.74 Å². The summed E-state index contributed by atoms with van der Waals surface area (Å²) in [4.78, 5) is 11.1. The Morgan fingerprint density at radius 3 is 2.50 bits per heavy atom. The lowest BCUT2D eigenvalue weighted by atomic mass is 10.1. The Balaban J connectivity index is 3.96. The van der Waals surface area contributed by atoms with Crippen molar-refractivity contribution in [2.75, 3.05) is 13.7 Å². The van der Waals surface area contributed by atoms with Crippen molar-refractivity contribution in [3.8, 4) is 0 Å². The predicted molar refractivity (Wildman–Crippen MR) is 52.5 cm³/mol. The molecule has 3 nitrogen and oxygen atoms in total. The van der Waals surface area contributed by atoms with Crippen LogP contribution in [0.5, 0.6) is 0 Å². The molecule has 0 heterocycles. The predicted octanol–water partition coefficient (Wildman–Crippen LogP) is 1.31. The van der Waals surface area contributed by atoms with Crippen molar-refractivity contribution in [1.29, 1.82) is 0 Å². The molecule has 4 heteroatoms. The highest BCUT2D eigenvalue weighted by atomic mass is 79.9. The zero-order chi connectivity index (χ0) is 9.78. The molecule has 0 aliphatic heterocycles. The number of ether oxygens (including phenoxy) is 1. The maximum atomic E-state index is 11.2. The van der Waals surface area contributed by atoms with Crippen molar-refractivity contribution in [3.63, 3.8) is 0 Å². The topological polar surface area (TPSA) is 38.3 Å². The van der Waals surface area contributed by atoms with Crippen LogP contribution in [0.1, 0.15) is 20.8 Å². The average molecular weight is 238 g/mol. The van der Waals surface area contributed by atoms with Crippen LogP contribution in [0.3, 0.4) is 0 Å². The van der Waals surface area contributed by atoms with Crippen LogP contribution in [0.2, 0.25) is 0 Å². The molecule has 1 unspecified atom stereocenters. The molecule has 12 heavy (non-hydrogen) atoms. The van der Waals surface area contributed by atoms with E-state index in [0.29, 0.717) is 6.61 Å². The first-order chi connectivity index (χ1) is 5.39. The van der Waals surface area contributed by atoms with Crippen LogP contribution >= 0.6 is 15.9 Å². The van der Waals surface area contributed by atoms with Crippen LogP contribution in [0, 0.1) is 0 Å². The Labute approximate surface area is 82.0 Å². The quantitative estimate of drug-likeness (QED) is 0.750. The first-order valence-corrected chi connectivity index (χ1v) is 4.75. The molecule has 1 amide bonds. The molecule has 0 aliphatic rings. The Hall–Kier alpha value is -0.0900. The summed E-state index contributed by atoms with van der Waals surface area (Å²) in [5, 5.41) is 2.85. The van der Waals surface area contributed by atoms with E-state index >= 15 is 0 Å². The highest BCUT2D eigenvalue weighted by Crippen LogP contribution is 2.05. The molecule has 0 saturated carbocycles. The monoisotopic (exact) mass is 237 g/mol. The molecule has 0 spiro atoms. The summed E-state index contributed by atoms with van der Waals surface area (Å²) in [6.45, 7) is 6.14. The number of hydrogen-bond donors (Lipinski definition) is 1. The van der Waals surface area contributed by atoms with Crippen molar-refractivity contribution in [1.82, 2.24) is 5.32 Å². The van der Waals surface area contributed by atoms with E-state index in [-0.39, 0.29) is 16.3 Å². The van der Waals surface area contributed by atoms with E-state index in [9.17, 15) is 4.79 Å². The molecule has 0 bridgehead atoms. The summed E-state index contributed by atoms with van der Waals surface area (Å²) in [5.41, 5.74) is -0.298. The number of methoxy groups -OCH3 is 1. The zero-order valence-corrected chi connectivity index (χ0v) is 9.56. The number of rotatable bonds is 4. The van der Waals surface area contributed by atoms with Crippen LogP contribution in [-0.4, -0.2) is 30.0 Å². The van der Waals surface area contributed by atoms with Crippen molar-refractivity contribution in [2.45, 2.75) is 31.1 Å². The fourth-order valence-electron chi connectivity index (χ4n) is 0.830. The number of halogens is 1. The van der Waals surface area contributed by atoms with Gasteiger partial charge in [-0.2, -0.15) is 0 Å². The molecular weight excluding hydrogens is 222 g/mol. The van der Waals surface area contributed by atoms with Crippen LogP contribution in [0.15, 0.2) is 0 Å². The number of hydrogen-bond acceptors (Lipinski definition) is 2. The van der Waals surface area contributed by atoms with Gasteiger partial charge in [0.05, 0.1) is 17.0 Å². The van der Waals surface area contributed by atoms with Gasteiger partial charge in [-0.1, -0.05) is 15.9 Å². The first kappa shape index (κ1) is 11.9. The van der Waals surface area contributed by atoms with E-state index in [0.717, 1.165) is 0 Å². The van der Waals surface area contributed by atoms with Gasteiger partial charge < -0.3 is 10.1 Å². The van der Waals surface area contributed by atoms with Gasteiger partial charge in [0.15, 0.2) is 0 Å². The van der Waals surface area contributed by atoms with Crippen molar-refractivity contribution in [2.24, 2.45) is 0 Å². The second kappa shape index (κ2) is 4.82.